The zero-order valence-corrected chi connectivity index (χ0v) is 13.0. The molecule has 0 aliphatic heterocycles. The number of benzene rings is 2. The number of carboxylic acids is 1. The lowest BCUT2D eigenvalue weighted by molar-refractivity contribution is -0.135. The highest BCUT2D eigenvalue weighted by molar-refractivity contribution is 6.34. The van der Waals surface area contributed by atoms with Crippen molar-refractivity contribution in [2.45, 2.75) is 13.5 Å². The Bertz CT molecular complexity index is 621. The van der Waals surface area contributed by atoms with Crippen LogP contribution in [0, 0.1) is 6.92 Å². The third-order valence-corrected chi connectivity index (χ3v) is 3.46. The van der Waals surface area contributed by atoms with Crippen molar-refractivity contribution in [1.82, 2.24) is 0 Å². The maximum absolute atomic E-state index is 11.1. The zero-order chi connectivity index (χ0) is 15.4. The molecule has 3 nitrogen and oxygen atoms in total. The fourth-order valence-corrected chi connectivity index (χ4v) is 2.65. The van der Waals surface area contributed by atoms with E-state index in [4.69, 9.17) is 28.3 Å². The van der Waals surface area contributed by atoms with E-state index in [-0.39, 0.29) is 6.54 Å². The fraction of sp³-hybridized carbons (Fsp3) is 0.188. The summed E-state index contributed by atoms with van der Waals surface area (Å²) in [4.78, 5) is 12.8. The summed E-state index contributed by atoms with van der Waals surface area (Å²) in [6.45, 7) is 2.32. The Labute approximate surface area is 133 Å². The summed E-state index contributed by atoms with van der Waals surface area (Å²) in [6, 6.07) is 13.0. The van der Waals surface area contributed by atoms with E-state index in [9.17, 15) is 4.79 Å². The van der Waals surface area contributed by atoms with Crippen molar-refractivity contribution in [1.29, 1.82) is 0 Å². The highest BCUT2D eigenvalue weighted by atomic mass is 35.5. The fourth-order valence-electron chi connectivity index (χ4n) is 2.08. The Balaban J connectivity index is 2.27. The van der Waals surface area contributed by atoms with Crippen molar-refractivity contribution >= 4 is 34.9 Å². The molecule has 5 heteroatoms. The Hall–Kier alpha value is -1.71. The predicted octanol–water partition coefficient (Wildman–Crippen LogP) is 4.39. The van der Waals surface area contributed by atoms with Gasteiger partial charge in [-0.05, 0) is 42.8 Å². The molecule has 0 radical (unpaired) electrons. The largest absolute Gasteiger partial charge is 0.480 e. The molecule has 0 spiro atoms. The molecule has 0 aromatic heterocycles. The molecule has 0 aliphatic carbocycles. The Morgan fingerprint density at radius 2 is 1.67 bits per heavy atom. The van der Waals surface area contributed by atoms with Crippen LogP contribution in [-0.2, 0) is 11.3 Å². The van der Waals surface area contributed by atoms with Crippen LogP contribution in [0.4, 0.5) is 5.69 Å². The zero-order valence-electron chi connectivity index (χ0n) is 11.5. The van der Waals surface area contributed by atoms with E-state index in [0.29, 0.717) is 16.6 Å². The lowest BCUT2D eigenvalue weighted by Crippen LogP contribution is -2.29. The van der Waals surface area contributed by atoms with E-state index >= 15 is 0 Å². The number of rotatable bonds is 5. The van der Waals surface area contributed by atoms with Crippen LogP contribution in [0.15, 0.2) is 42.5 Å². The first-order chi connectivity index (χ1) is 9.94. The van der Waals surface area contributed by atoms with Gasteiger partial charge in [-0.25, -0.2) is 0 Å². The molecule has 0 amide bonds. The van der Waals surface area contributed by atoms with Gasteiger partial charge < -0.3 is 10.0 Å². The van der Waals surface area contributed by atoms with Gasteiger partial charge in [0.25, 0.3) is 0 Å². The number of carbonyl (C=O) groups is 1. The second kappa shape index (κ2) is 6.83. The summed E-state index contributed by atoms with van der Waals surface area (Å²) < 4.78 is 0. The molecule has 1 N–H and O–H groups in total. The average Bonchev–Trinajstić information content (AvgIpc) is 2.37. The smallest absolute Gasteiger partial charge is 0.323 e. The van der Waals surface area contributed by atoms with Crippen molar-refractivity contribution < 1.29 is 9.90 Å². The summed E-state index contributed by atoms with van der Waals surface area (Å²) in [7, 11) is 0. The Morgan fingerprint density at radius 3 is 2.19 bits per heavy atom. The lowest BCUT2D eigenvalue weighted by atomic mass is 10.1. The van der Waals surface area contributed by atoms with E-state index in [1.165, 1.54) is 0 Å². The van der Waals surface area contributed by atoms with E-state index in [2.05, 4.69) is 0 Å². The van der Waals surface area contributed by atoms with Crippen LogP contribution < -0.4 is 4.90 Å². The second-order valence-corrected chi connectivity index (χ2v) is 5.74. The Kier molecular flexibility index (Phi) is 5.10. The van der Waals surface area contributed by atoms with Crippen molar-refractivity contribution in [3.05, 3.63) is 63.6 Å². The summed E-state index contributed by atoms with van der Waals surface area (Å²) in [5.74, 6) is -0.885. The SMILES string of the molecule is Cc1ccc(N(CC(=O)O)Cc2cc(Cl)cc(Cl)c2)cc1. The number of carboxylic acid groups (broad SMARTS) is 1. The molecule has 21 heavy (non-hydrogen) atoms. The van der Waals surface area contributed by atoms with Crippen LogP contribution in [0.2, 0.25) is 10.0 Å². The van der Waals surface area contributed by atoms with Gasteiger partial charge in [0, 0.05) is 22.3 Å². The normalized spacial score (nSPS) is 10.4. The topological polar surface area (TPSA) is 40.5 Å². The number of hydrogen-bond donors (Lipinski definition) is 1. The number of aliphatic carboxylic acids is 1. The molecule has 0 fully saturated rings. The molecule has 0 atom stereocenters. The number of aryl methyl sites for hydroxylation is 1. The molecule has 110 valence electrons. The number of anilines is 1. The molecule has 2 rings (SSSR count). The second-order valence-electron chi connectivity index (χ2n) is 4.86. The van der Waals surface area contributed by atoms with Crippen LogP contribution in [0.25, 0.3) is 0 Å². The van der Waals surface area contributed by atoms with Gasteiger partial charge in [0.05, 0.1) is 0 Å². The van der Waals surface area contributed by atoms with Crippen LogP contribution in [-0.4, -0.2) is 17.6 Å². The van der Waals surface area contributed by atoms with Crippen LogP contribution >= 0.6 is 23.2 Å². The summed E-state index contributed by atoms with van der Waals surface area (Å²) in [5.41, 5.74) is 2.84. The lowest BCUT2D eigenvalue weighted by Gasteiger charge is -2.23. The van der Waals surface area contributed by atoms with E-state index in [1.54, 1.807) is 23.1 Å². The van der Waals surface area contributed by atoms with Gasteiger partial charge >= 0.3 is 5.97 Å². The third-order valence-electron chi connectivity index (χ3n) is 3.02. The maximum atomic E-state index is 11.1. The van der Waals surface area contributed by atoms with Gasteiger partial charge in [-0.2, -0.15) is 0 Å². The molecule has 0 heterocycles. The summed E-state index contributed by atoms with van der Waals surface area (Å²) >= 11 is 12.0. The van der Waals surface area contributed by atoms with E-state index < -0.39 is 5.97 Å². The molecule has 0 unspecified atom stereocenters. The number of halogens is 2. The first kappa shape index (κ1) is 15.7. The van der Waals surface area contributed by atoms with Gasteiger partial charge in [-0.15, -0.1) is 0 Å². The first-order valence-corrected chi connectivity index (χ1v) is 7.18. The van der Waals surface area contributed by atoms with Gasteiger partial charge in [0.15, 0.2) is 0 Å². The van der Waals surface area contributed by atoms with Crippen molar-refractivity contribution in [3.8, 4) is 0 Å². The monoisotopic (exact) mass is 323 g/mol. The molecule has 2 aromatic carbocycles. The minimum Gasteiger partial charge on any atom is -0.480 e. The highest BCUT2D eigenvalue weighted by Crippen LogP contribution is 2.23. The summed E-state index contributed by atoms with van der Waals surface area (Å²) in [6.07, 6.45) is 0. The Morgan fingerprint density at radius 1 is 1.10 bits per heavy atom. The molecule has 0 bridgehead atoms. The van der Waals surface area contributed by atoms with Crippen LogP contribution in [0.3, 0.4) is 0 Å². The number of nitrogens with zero attached hydrogens (tertiary/aromatic N) is 1. The molecular formula is C16H15Cl2NO2. The van der Waals surface area contributed by atoms with Gasteiger partial charge in [0.2, 0.25) is 0 Å². The molecular weight excluding hydrogens is 309 g/mol. The molecule has 2 aromatic rings. The molecule has 0 saturated heterocycles. The van der Waals surface area contributed by atoms with Gasteiger partial charge in [-0.3, -0.25) is 4.79 Å². The van der Waals surface area contributed by atoms with E-state index in [0.717, 1.165) is 16.8 Å². The first-order valence-electron chi connectivity index (χ1n) is 6.42. The standard InChI is InChI=1S/C16H15Cl2NO2/c1-11-2-4-15(5-3-11)19(10-16(20)21)9-12-6-13(17)8-14(18)7-12/h2-8H,9-10H2,1H3,(H,20,21). The van der Waals surface area contributed by atoms with Crippen molar-refractivity contribution in [2.75, 3.05) is 11.4 Å². The maximum Gasteiger partial charge on any atom is 0.323 e. The third kappa shape index (κ3) is 4.66. The predicted molar refractivity (Wildman–Crippen MR) is 86.3 cm³/mol. The minimum atomic E-state index is -0.885. The molecule has 0 saturated carbocycles. The van der Waals surface area contributed by atoms with E-state index in [1.807, 2.05) is 31.2 Å². The average molecular weight is 324 g/mol. The minimum absolute atomic E-state index is 0.0901. The number of hydrogen-bond acceptors (Lipinski definition) is 2. The van der Waals surface area contributed by atoms with Crippen molar-refractivity contribution in [2.24, 2.45) is 0 Å². The quantitative estimate of drug-likeness (QED) is 0.886. The van der Waals surface area contributed by atoms with Gasteiger partial charge in [-0.1, -0.05) is 40.9 Å². The van der Waals surface area contributed by atoms with Crippen LogP contribution in [0.1, 0.15) is 11.1 Å². The van der Waals surface area contributed by atoms with Crippen LogP contribution in [0.5, 0.6) is 0 Å². The molecule has 0 aliphatic rings. The van der Waals surface area contributed by atoms with Crippen molar-refractivity contribution in [3.63, 3.8) is 0 Å². The highest BCUT2D eigenvalue weighted by Gasteiger charge is 2.12. The van der Waals surface area contributed by atoms with Gasteiger partial charge in [0.1, 0.15) is 6.54 Å². The summed E-state index contributed by atoms with van der Waals surface area (Å²) in [5, 5.41) is 10.2.